The van der Waals surface area contributed by atoms with Gasteiger partial charge >= 0.3 is 24.3 Å². The lowest BCUT2D eigenvalue weighted by Gasteiger charge is -2.42. The van der Waals surface area contributed by atoms with Gasteiger partial charge in [-0.05, 0) is 49.1 Å². The Hall–Kier alpha value is -4.15. The number of halogens is 6. The van der Waals surface area contributed by atoms with Gasteiger partial charge in [0.25, 0.3) is 5.91 Å². The van der Waals surface area contributed by atoms with E-state index in [2.05, 4.69) is 14.4 Å². The van der Waals surface area contributed by atoms with Crippen molar-refractivity contribution in [2.24, 2.45) is 0 Å². The first-order valence-corrected chi connectivity index (χ1v) is 15.3. The fourth-order valence-electron chi connectivity index (χ4n) is 5.19. The van der Waals surface area contributed by atoms with Crippen LogP contribution in [-0.4, -0.2) is 82.7 Å². The summed E-state index contributed by atoms with van der Waals surface area (Å²) in [7, 11) is 0. The highest BCUT2D eigenvalue weighted by Crippen LogP contribution is 2.41. The number of carbonyl (C=O) groups excluding carboxylic acids is 3. The van der Waals surface area contributed by atoms with Crippen molar-refractivity contribution >= 4 is 29.2 Å². The van der Waals surface area contributed by atoms with Crippen LogP contribution < -0.4 is 9.47 Å². The lowest BCUT2D eigenvalue weighted by atomic mass is 9.99. The van der Waals surface area contributed by atoms with E-state index >= 15 is 0 Å². The van der Waals surface area contributed by atoms with Crippen LogP contribution in [0.25, 0.3) is 0 Å². The summed E-state index contributed by atoms with van der Waals surface area (Å²) in [5.41, 5.74) is -0.322. The normalized spacial score (nSPS) is 16.1. The number of phenols is 1. The van der Waals surface area contributed by atoms with Gasteiger partial charge in [0.05, 0.1) is 5.56 Å². The van der Waals surface area contributed by atoms with Gasteiger partial charge in [-0.25, -0.2) is 9.59 Å². The van der Waals surface area contributed by atoms with Crippen molar-refractivity contribution in [2.75, 3.05) is 32.7 Å². The maximum absolute atomic E-state index is 13.4. The highest BCUT2D eigenvalue weighted by Gasteiger charge is 2.45. The summed E-state index contributed by atoms with van der Waals surface area (Å²) in [6.07, 6.45) is -11.2. The van der Waals surface area contributed by atoms with Gasteiger partial charge in [0.15, 0.2) is 11.5 Å². The lowest BCUT2D eigenvalue weighted by Crippen LogP contribution is -2.47. The Bertz CT molecular complexity index is 1580. The van der Waals surface area contributed by atoms with Crippen molar-refractivity contribution in [3.8, 4) is 17.2 Å². The quantitative estimate of drug-likeness (QED) is 0.159. The van der Waals surface area contributed by atoms with Gasteiger partial charge in [-0.2, -0.15) is 26.3 Å². The Balaban J connectivity index is 1.82. The van der Waals surface area contributed by atoms with E-state index in [0.29, 0.717) is 25.2 Å². The predicted molar refractivity (Wildman–Crippen MR) is 158 cm³/mol. The number of benzene rings is 2. The number of amides is 1. The smallest absolute Gasteiger partial charge is 0.491 e. The minimum absolute atomic E-state index is 0.0433. The summed E-state index contributed by atoms with van der Waals surface area (Å²) >= 11 is 1.56. The van der Waals surface area contributed by atoms with Crippen LogP contribution in [0, 0.1) is 0 Å². The Kier molecular flexibility index (Phi) is 11.2. The fourth-order valence-corrected chi connectivity index (χ4v) is 5.94. The molecule has 1 aliphatic rings. The number of thiophene rings is 1. The van der Waals surface area contributed by atoms with Crippen LogP contribution in [0.4, 0.5) is 26.3 Å². The van der Waals surface area contributed by atoms with E-state index in [1.165, 1.54) is 12.1 Å². The molecular weight excluding hydrogens is 656 g/mol. The van der Waals surface area contributed by atoms with Crippen LogP contribution in [-0.2, 0) is 22.7 Å². The topological polar surface area (TPSA) is 99.6 Å². The highest BCUT2D eigenvalue weighted by atomic mass is 32.1. The second kappa shape index (κ2) is 14.7. The molecular formula is C31H31F6N3O6S. The van der Waals surface area contributed by atoms with Crippen molar-refractivity contribution in [1.29, 1.82) is 0 Å². The Morgan fingerprint density at radius 3 is 2.13 bits per heavy atom. The Morgan fingerprint density at radius 2 is 1.55 bits per heavy atom. The molecule has 9 nitrogen and oxygen atoms in total. The molecule has 1 amide bonds. The molecule has 0 bridgehead atoms. The zero-order chi connectivity index (χ0) is 34.5. The molecule has 1 fully saturated rings. The maximum Gasteiger partial charge on any atom is 0.491 e. The number of piperazine rings is 1. The van der Waals surface area contributed by atoms with Crippen LogP contribution in [0.1, 0.15) is 46.3 Å². The van der Waals surface area contributed by atoms with E-state index in [-0.39, 0.29) is 37.5 Å². The molecule has 1 N–H and O–H groups in total. The number of rotatable bonds is 10. The van der Waals surface area contributed by atoms with E-state index in [9.17, 15) is 45.8 Å². The second-order valence-corrected chi connectivity index (χ2v) is 11.6. The molecule has 16 heteroatoms. The predicted octanol–water partition coefficient (Wildman–Crippen LogP) is 5.93. The Labute approximate surface area is 269 Å². The average molecular weight is 688 g/mol. The number of hydrogen-bond acceptors (Lipinski definition) is 9. The standard InChI is InChI=1S/C31H31F6N3O6S/c1-3-39(4-2)27(42)23-11-10-20(25(45-28(43)30(32,33)34)26(23)46-29(44)31(35,36)37)16-40-13-12-38(17-22-9-6-14-47-22)18-24(40)19-7-5-8-21(41)15-19/h5-11,14-15,24,41H,3-4,12-13,16-18H2,1-2H3. The molecule has 1 atom stereocenters. The summed E-state index contributed by atoms with van der Waals surface area (Å²) < 4.78 is 89.6. The summed E-state index contributed by atoms with van der Waals surface area (Å²) in [5, 5.41) is 12.1. The van der Waals surface area contributed by atoms with E-state index < -0.39 is 53.3 Å². The van der Waals surface area contributed by atoms with Crippen LogP contribution in [0.5, 0.6) is 17.2 Å². The molecule has 1 saturated heterocycles. The fraction of sp³-hybridized carbons (Fsp3) is 0.387. The molecule has 1 aliphatic heterocycles. The minimum Gasteiger partial charge on any atom is -0.508 e. The van der Waals surface area contributed by atoms with Crippen molar-refractivity contribution < 1.29 is 55.3 Å². The number of esters is 2. The van der Waals surface area contributed by atoms with Crippen LogP contribution >= 0.6 is 11.3 Å². The number of aromatic hydroxyl groups is 1. The third kappa shape index (κ3) is 8.81. The largest absolute Gasteiger partial charge is 0.508 e. The lowest BCUT2D eigenvalue weighted by molar-refractivity contribution is -0.191. The van der Waals surface area contributed by atoms with Gasteiger partial charge < -0.3 is 19.5 Å². The zero-order valence-corrected chi connectivity index (χ0v) is 26.0. The van der Waals surface area contributed by atoms with Crippen molar-refractivity contribution in [3.63, 3.8) is 0 Å². The maximum atomic E-state index is 13.4. The molecule has 254 valence electrons. The third-order valence-corrected chi connectivity index (χ3v) is 8.35. The molecule has 47 heavy (non-hydrogen) atoms. The highest BCUT2D eigenvalue weighted by molar-refractivity contribution is 7.09. The van der Waals surface area contributed by atoms with Crippen molar-refractivity contribution in [3.05, 3.63) is 75.5 Å². The molecule has 2 aromatic carbocycles. The number of alkyl halides is 6. The molecule has 1 unspecified atom stereocenters. The molecule has 2 heterocycles. The van der Waals surface area contributed by atoms with Gasteiger partial charge in [-0.15, -0.1) is 11.3 Å². The van der Waals surface area contributed by atoms with Crippen molar-refractivity contribution in [1.82, 2.24) is 14.7 Å². The first-order valence-electron chi connectivity index (χ1n) is 14.4. The summed E-state index contributed by atoms with van der Waals surface area (Å²) in [4.78, 5) is 43.5. The van der Waals surface area contributed by atoms with Crippen LogP contribution in [0.3, 0.4) is 0 Å². The second-order valence-electron chi connectivity index (χ2n) is 10.6. The molecule has 0 radical (unpaired) electrons. The van der Waals surface area contributed by atoms with E-state index in [1.54, 1.807) is 42.2 Å². The van der Waals surface area contributed by atoms with Crippen molar-refractivity contribution in [2.45, 2.75) is 45.3 Å². The third-order valence-electron chi connectivity index (χ3n) is 7.49. The molecule has 0 saturated carbocycles. The monoisotopic (exact) mass is 687 g/mol. The summed E-state index contributed by atoms with van der Waals surface area (Å²) in [6.45, 7) is 4.66. The van der Waals surface area contributed by atoms with Gasteiger partial charge in [-0.1, -0.05) is 24.3 Å². The Morgan fingerprint density at radius 1 is 0.894 bits per heavy atom. The molecule has 4 rings (SSSR count). The number of phenolic OH excluding ortho intramolecular Hbond substituents is 1. The van der Waals surface area contributed by atoms with E-state index in [1.807, 2.05) is 17.5 Å². The minimum atomic E-state index is -5.60. The molecule has 0 spiro atoms. The molecule has 3 aromatic rings. The number of ether oxygens (including phenoxy) is 2. The van der Waals surface area contributed by atoms with E-state index in [0.717, 1.165) is 21.9 Å². The summed E-state index contributed by atoms with van der Waals surface area (Å²) in [5.74, 6) is -9.02. The first kappa shape index (κ1) is 35.7. The SMILES string of the molecule is CCN(CC)C(=O)c1ccc(CN2CCN(Cc3cccs3)CC2c2cccc(O)c2)c(OC(=O)C(F)(F)F)c1OC(=O)C(F)(F)F. The van der Waals surface area contributed by atoms with E-state index in [4.69, 9.17) is 0 Å². The van der Waals surface area contributed by atoms with Crippen LogP contribution in [0.2, 0.25) is 0 Å². The van der Waals surface area contributed by atoms with Gasteiger partial charge in [0.2, 0.25) is 0 Å². The van der Waals surface area contributed by atoms with Gasteiger partial charge in [0.1, 0.15) is 5.75 Å². The number of nitrogens with zero attached hydrogens (tertiary/aromatic N) is 3. The zero-order valence-electron chi connectivity index (χ0n) is 25.2. The number of hydrogen-bond donors (Lipinski definition) is 1. The first-order chi connectivity index (χ1) is 22.1. The summed E-state index contributed by atoms with van der Waals surface area (Å²) in [6, 6.07) is 11.9. The molecule has 0 aliphatic carbocycles. The van der Waals surface area contributed by atoms with Gasteiger partial charge in [0, 0.05) is 62.3 Å². The van der Waals surface area contributed by atoms with Gasteiger partial charge in [-0.3, -0.25) is 14.6 Å². The molecule has 1 aromatic heterocycles. The number of carbonyl (C=O) groups is 3. The average Bonchev–Trinajstić information content (AvgIpc) is 3.52. The van der Waals surface area contributed by atoms with Crippen LogP contribution in [0.15, 0.2) is 53.9 Å².